The number of anilines is 1. The van der Waals surface area contributed by atoms with Gasteiger partial charge in [0, 0.05) is 31.6 Å². The number of likely N-dealkylation sites (tertiary alicyclic amines) is 1. The molecule has 1 aliphatic rings. The number of benzene rings is 2. The van der Waals surface area contributed by atoms with E-state index < -0.39 is 5.60 Å². The molecule has 2 amide bonds. The fraction of sp³-hybridized carbons (Fsp3) is 0.367. The summed E-state index contributed by atoms with van der Waals surface area (Å²) in [5.41, 5.74) is 9.38. The number of pyridine rings is 1. The van der Waals surface area contributed by atoms with Crippen LogP contribution in [-0.4, -0.2) is 47.6 Å². The lowest BCUT2D eigenvalue weighted by molar-refractivity contribution is 0.0198. The monoisotopic (exact) mass is 516 g/mol. The summed E-state index contributed by atoms with van der Waals surface area (Å²) in [6, 6.07) is 19.5. The first kappa shape index (κ1) is 27.0. The number of ether oxygens (including phenoxy) is 2. The number of carbonyl (C=O) groups excluding carboxylic acids is 2. The van der Waals surface area contributed by atoms with Gasteiger partial charge >= 0.3 is 6.09 Å². The average Bonchev–Trinajstić information content (AvgIpc) is 2.91. The van der Waals surface area contributed by atoms with Gasteiger partial charge in [-0.05, 0) is 62.9 Å². The summed E-state index contributed by atoms with van der Waals surface area (Å²) in [6.45, 7) is 6.98. The maximum atomic E-state index is 12.9. The molecule has 0 radical (unpaired) electrons. The van der Waals surface area contributed by atoms with E-state index in [-0.39, 0.29) is 23.7 Å². The van der Waals surface area contributed by atoms with E-state index in [1.54, 1.807) is 11.9 Å². The number of carbonyl (C=O) groups is 2. The molecule has 1 unspecified atom stereocenters. The minimum absolute atomic E-state index is 0.106. The smallest absolute Gasteiger partial charge is 0.410 e. The summed E-state index contributed by atoms with van der Waals surface area (Å²) >= 11 is 0. The van der Waals surface area contributed by atoms with Gasteiger partial charge in [-0.3, -0.25) is 4.79 Å². The standard InChI is InChI=1S/C30H36N4O4/c1-30(2,3)38-29(36)34-16-10-13-21(18-34)23-17-24(33-27(31)26(23)28(35)32-4)22-14-8-9-15-25(22)37-19-20-11-6-5-7-12-20/h5-9,11-12,14-15,17,21H,10,13,16,18-19H2,1-4H3,(H2,31,33)(H,32,35). The lowest BCUT2D eigenvalue weighted by Crippen LogP contribution is -2.42. The number of para-hydroxylation sites is 1. The summed E-state index contributed by atoms with van der Waals surface area (Å²) < 4.78 is 11.8. The first-order valence-corrected chi connectivity index (χ1v) is 12.9. The van der Waals surface area contributed by atoms with Gasteiger partial charge in [-0.1, -0.05) is 42.5 Å². The summed E-state index contributed by atoms with van der Waals surface area (Å²) in [6.07, 6.45) is 1.23. The van der Waals surface area contributed by atoms with Gasteiger partial charge in [-0.25, -0.2) is 9.78 Å². The molecular formula is C30H36N4O4. The summed E-state index contributed by atoms with van der Waals surface area (Å²) in [5.74, 6) is 0.398. The molecule has 1 fully saturated rings. The van der Waals surface area contributed by atoms with Crippen LogP contribution in [0.2, 0.25) is 0 Å². The predicted octanol–water partition coefficient (Wildman–Crippen LogP) is 5.38. The van der Waals surface area contributed by atoms with E-state index in [2.05, 4.69) is 10.3 Å². The second-order valence-corrected chi connectivity index (χ2v) is 10.5. The molecular weight excluding hydrogens is 480 g/mol. The topological polar surface area (TPSA) is 107 Å². The Morgan fingerprint density at radius 3 is 2.53 bits per heavy atom. The molecule has 0 saturated carbocycles. The van der Waals surface area contributed by atoms with Gasteiger partial charge in [0.2, 0.25) is 0 Å². The van der Waals surface area contributed by atoms with Crippen molar-refractivity contribution in [2.24, 2.45) is 0 Å². The Labute approximate surface area is 224 Å². The van der Waals surface area contributed by atoms with Crippen LogP contribution in [0.15, 0.2) is 60.7 Å². The minimum atomic E-state index is -0.588. The van der Waals surface area contributed by atoms with Crippen LogP contribution in [0.5, 0.6) is 5.75 Å². The molecule has 3 N–H and O–H groups in total. The van der Waals surface area contributed by atoms with E-state index in [0.29, 0.717) is 36.7 Å². The number of hydrogen-bond donors (Lipinski definition) is 2. The molecule has 2 heterocycles. The Balaban J connectivity index is 1.69. The van der Waals surface area contributed by atoms with Crippen molar-refractivity contribution < 1.29 is 19.1 Å². The lowest BCUT2D eigenvalue weighted by Gasteiger charge is -2.35. The Morgan fingerprint density at radius 1 is 1.11 bits per heavy atom. The second-order valence-electron chi connectivity index (χ2n) is 10.5. The molecule has 38 heavy (non-hydrogen) atoms. The zero-order chi connectivity index (χ0) is 27.3. The number of nitrogens with two attached hydrogens (primary N) is 1. The molecule has 4 rings (SSSR count). The molecule has 1 saturated heterocycles. The normalized spacial score (nSPS) is 15.6. The fourth-order valence-corrected chi connectivity index (χ4v) is 4.68. The van der Waals surface area contributed by atoms with E-state index in [1.807, 2.05) is 81.4 Å². The van der Waals surface area contributed by atoms with Gasteiger partial charge < -0.3 is 25.4 Å². The van der Waals surface area contributed by atoms with Crippen molar-refractivity contribution in [3.63, 3.8) is 0 Å². The average molecular weight is 517 g/mol. The third kappa shape index (κ3) is 6.43. The van der Waals surface area contributed by atoms with Gasteiger partial charge in [0.25, 0.3) is 5.91 Å². The maximum absolute atomic E-state index is 12.9. The summed E-state index contributed by atoms with van der Waals surface area (Å²) in [4.78, 5) is 32.1. The number of piperidine rings is 1. The van der Waals surface area contributed by atoms with E-state index in [9.17, 15) is 9.59 Å². The number of nitrogens with zero attached hydrogens (tertiary/aromatic N) is 2. The molecule has 8 heteroatoms. The first-order chi connectivity index (χ1) is 18.2. The molecule has 1 aliphatic heterocycles. The highest BCUT2D eigenvalue weighted by Crippen LogP contribution is 2.37. The van der Waals surface area contributed by atoms with Crippen molar-refractivity contribution in [3.05, 3.63) is 77.4 Å². The predicted molar refractivity (Wildman–Crippen MR) is 148 cm³/mol. The number of hydrogen-bond acceptors (Lipinski definition) is 6. The van der Waals surface area contributed by atoms with Crippen LogP contribution in [0.25, 0.3) is 11.3 Å². The quantitative estimate of drug-likeness (QED) is 0.455. The van der Waals surface area contributed by atoms with Crippen molar-refractivity contribution in [3.8, 4) is 17.0 Å². The Hall–Kier alpha value is -4.07. The number of aromatic nitrogens is 1. The Kier molecular flexibility index (Phi) is 8.20. The van der Waals surface area contributed by atoms with Gasteiger partial charge in [-0.2, -0.15) is 0 Å². The third-order valence-corrected chi connectivity index (χ3v) is 6.45. The number of nitrogen functional groups attached to an aromatic ring is 1. The van der Waals surface area contributed by atoms with Crippen molar-refractivity contribution in [2.75, 3.05) is 25.9 Å². The number of nitrogens with one attached hydrogen (secondary N) is 1. The fourth-order valence-electron chi connectivity index (χ4n) is 4.68. The zero-order valence-corrected chi connectivity index (χ0v) is 22.5. The van der Waals surface area contributed by atoms with E-state index in [1.165, 1.54) is 0 Å². The SMILES string of the molecule is CNC(=O)c1c(C2CCCN(C(=O)OC(C)(C)C)C2)cc(-c2ccccc2OCc2ccccc2)nc1N. The molecule has 0 spiro atoms. The second kappa shape index (κ2) is 11.5. The molecule has 2 aromatic carbocycles. The largest absolute Gasteiger partial charge is 0.488 e. The number of rotatable bonds is 6. The third-order valence-electron chi connectivity index (χ3n) is 6.45. The molecule has 200 valence electrons. The van der Waals surface area contributed by atoms with Crippen LogP contribution < -0.4 is 15.8 Å². The van der Waals surface area contributed by atoms with Crippen LogP contribution in [-0.2, 0) is 11.3 Å². The van der Waals surface area contributed by atoms with Gasteiger partial charge in [0.1, 0.15) is 23.8 Å². The van der Waals surface area contributed by atoms with Crippen LogP contribution in [0.1, 0.15) is 61.0 Å². The minimum Gasteiger partial charge on any atom is -0.488 e. The van der Waals surface area contributed by atoms with E-state index >= 15 is 0 Å². The molecule has 3 aromatic rings. The van der Waals surface area contributed by atoms with Crippen molar-refractivity contribution in [1.82, 2.24) is 15.2 Å². The van der Waals surface area contributed by atoms with Gasteiger partial charge in [0.05, 0.1) is 11.3 Å². The van der Waals surface area contributed by atoms with Crippen LogP contribution in [0.4, 0.5) is 10.6 Å². The lowest BCUT2D eigenvalue weighted by atomic mass is 9.86. The first-order valence-electron chi connectivity index (χ1n) is 12.9. The van der Waals surface area contributed by atoms with Crippen LogP contribution in [0, 0.1) is 0 Å². The highest BCUT2D eigenvalue weighted by molar-refractivity contribution is 6.00. The Bertz CT molecular complexity index is 1290. The summed E-state index contributed by atoms with van der Waals surface area (Å²) in [5, 5.41) is 2.69. The number of amides is 2. The van der Waals surface area contributed by atoms with E-state index in [4.69, 9.17) is 15.2 Å². The van der Waals surface area contributed by atoms with Crippen LogP contribution >= 0.6 is 0 Å². The van der Waals surface area contributed by atoms with E-state index in [0.717, 1.165) is 29.5 Å². The van der Waals surface area contributed by atoms with Crippen LogP contribution in [0.3, 0.4) is 0 Å². The van der Waals surface area contributed by atoms with Crippen molar-refractivity contribution in [1.29, 1.82) is 0 Å². The van der Waals surface area contributed by atoms with Crippen molar-refractivity contribution in [2.45, 2.75) is 51.7 Å². The maximum Gasteiger partial charge on any atom is 0.410 e. The van der Waals surface area contributed by atoms with Crippen molar-refractivity contribution >= 4 is 17.8 Å². The highest BCUT2D eigenvalue weighted by atomic mass is 16.6. The Morgan fingerprint density at radius 2 is 1.82 bits per heavy atom. The zero-order valence-electron chi connectivity index (χ0n) is 22.5. The molecule has 0 aliphatic carbocycles. The molecule has 8 nitrogen and oxygen atoms in total. The summed E-state index contributed by atoms with van der Waals surface area (Å²) in [7, 11) is 1.57. The van der Waals surface area contributed by atoms with Gasteiger partial charge in [0.15, 0.2) is 0 Å². The molecule has 1 atom stereocenters. The highest BCUT2D eigenvalue weighted by Gasteiger charge is 2.32. The molecule has 1 aromatic heterocycles. The van der Waals surface area contributed by atoms with Gasteiger partial charge in [-0.15, -0.1) is 0 Å². The molecule has 0 bridgehead atoms.